The van der Waals surface area contributed by atoms with Gasteiger partial charge in [-0.25, -0.2) is 0 Å². The fourth-order valence-electron chi connectivity index (χ4n) is 1.08. The van der Waals surface area contributed by atoms with Gasteiger partial charge in [0.1, 0.15) is 5.75 Å². The van der Waals surface area contributed by atoms with Gasteiger partial charge in [0.2, 0.25) is 0 Å². The molecule has 2 rings (SSSR count). The molecule has 9 heteroatoms. The Morgan fingerprint density at radius 3 is 2.75 bits per heavy atom. The Hall–Kier alpha value is -1.06. The quantitative estimate of drug-likeness (QED) is 0.847. The number of hydrogen-bond acceptors (Lipinski definition) is 7. The Bertz CT molecular complexity index is 505. The van der Waals surface area contributed by atoms with Crippen LogP contribution in [0.2, 0.25) is 5.02 Å². The van der Waals surface area contributed by atoms with Gasteiger partial charge in [0, 0.05) is 0 Å². The van der Waals surface area contributed by atoms with Gasteiger partial charge in [0.15, 0.2) is 0 Å². The van der Waals surface area contributed by atoms with E-state index < -0.39 is 10.4 Å². The standard InChI is InChI=1S/C7H7ClN2O5S/c1-13-7-3-2-5(4-6(7)8)10-9-14-16(11,12)15-10/h2-4,9H,1H3. The first-order valence-corrected chi connectivity index (χ1v) is 5.75. The van der Waals surface area contributed by atoms with E-state index in [2.05, 4.69) is 14.2 Å². The van der Waals surface area contributed by atoms with Crippen LogP contribution in [0.5, 0.6) is 5.75 Å². The summed E-state index contributed by atoms with van der Waals surface area (Å²) in [6.07, 6.45) is 0. The number of nitrogens with zero attached hydrogens (tertiary/aromatic N) is 1. The van der Waals surface area contributed by atoms with Crippen LogP contribution in [-0.2, 0) is 19.0 Å². The second-order valence-corrected chi connectivity index (χ2v) is 4.31. The molecule has 16 heavy (non-hydrogen) atoms. The van der Waals surface area contributed by atoms with E-state index >= 15 is 0 Å². The number of halogens is 1. The molecule has 1 saturated heterocycles. The number of benzene rings is 1. The number of rotatable bonds is 2. The molecule has 0 aliphatic carbocycles. The molecule has 0 unspecified atom stereocenters. The van der Waals surface area contributed by atoms with E-state index in [1.807, 2.05) is 0 Å². The van der Waals surface area contributed by atoms with Gasteiger partial charge in [-0.1, -0.05) is 17.2 Å². The SMILES string of the molecule is COc1ccc(N2NOS(=O)(=O)O2)cc1Cl. The summed E-state index contributed by atoms with van der Waals surface area (Å²) >= 11 is 5.85. The van der Waals surface area contributed by atoms with Crippen molar-refractivity contribution in [2.75, 3.05) is 12.3 Å². The molecule has 0 spiro atoms. The summed E-state index contributed by atoms with van der Waals surface area (Å²) < 4.78 is 35.2. The molecule has 0 bridgehead atoms. The Morgan fingerprint density at radius 1 is 1.50 bits per heavy atom. The lowest BCUT2D eigenvalue weighted by Crippen LogP contribution is -2.28. The van der Waals surface area contributed by atoms with Crippen molar-refractivity contribution in [3.63, 3.8) is 0 Å². The molecule has 0 atom stereocenters. The molecule has 0 amide bonds. The average molecular weight is 267 g/mol. The van der Waals surface area contributed by atoms with E-state index in [4.69, 9.17) is 16.3 Å². The summed E-state index contributed by atoms with van der Waals surface area (Å²) in [6, 6.07) is 4.56. The van der Waals surface area contributed by atoms with Crippen molar-refractivity contribution >= 4 is 27.7 Å². The predicted octanol–water partition coefficient (Wildman–Crippen LogP) is 0.781. The Morgan fingerprint density at radius 2 is 2.25 bits per heavy atom. The third kappa shape index (κ3) is 2.20. The lowest BCUT2D eigenvalue weighted by atomic mass is 10.3. The third-order valence-corrected chi connectivity index (χ3v) is 2.66. The van der Waals surface area contributed by atoms with Crippen LogP contribution in [-0.4, -0.2) is 15.5 Å². The minimum atomic E-state index is -4.03. The smallest absolute Gasteiger partial charge is 0.440 e. The highest BCUT2D eigenvalue weighted by Crippen LogP contribution is 2.29. The van der Waals surface area contributed by atoms with E-state index in [0.717, 1.165) is 5.17 Å². The van der Waals surface area contributed by atoms with Crippen molar-refractivity contribution < 1.29 is 21.7 Å². The zero-order chi connectivity index (χ0) is 11.8. The molecule has 0 radical (unpaired) electrons. The molecular formula is C7H7ClN2O5S. The Labute approximate surface area is 96.7 Å². The van der Waals surface area contributed by atoms with Gasteiger partial charge < -0.3 is 4.74 Å². The molecule has 7 nitrogen and oxygen atoms in total. The number of hydrazine groups is 1. The monoisotopic (exact) mass is 266 g/mol. The summed E-state index contributed by atoms with van der Waals surface area (Å²) in [7, 11) is -2.56. The van der Waals surface area contributed by atoms with Gasteiger partial charge in [-0.2, -0.15) is 8.42 Å². The van der Waals surface area contributed by atoms with Gasteiger partial charge in [0.05, 0.1) is 17.8 Å². The van der Waals surface area contributed by atoms with E-state index in [9.17, 15) is 8.42 Å². The van der Waals surface area contributed by atoms with Crippen LogP contribution < -0.4 is 15.5 Å². The summed E-state index contributed by atoms with van der Waals surface area (Å²) in [5, 5.41) is 1.13. The summed E-state index contributed by atoms with van der Waals surface area (Å²) in [5.74, 6) is 0.466. The molecule has 1 aliphatic heterocycles. The largest absolute Gasteiger partial charge is 0.495 e. The summed E-state index contributed by atoms with van der Waals surface area (Å²) in [4.78, 5) is 0. The molecule has 0 saturated carbocycles. The van der Waals surface area contributed by atoms with Gasteiger partial charge in [0.25, 0.3) is 0 Å². The molecule has 1 fully saturated rings. The van der Waals surface area contributed by atoms with Crippen molar-refractivity contribution in [1.29, 1.82) is 0 Å². The van der Waals surface area contributed by atoms with Crippen molar-refractivity contribution in [3.8, 4) is 5.75 Å². The van der Waals surface area contributed by atoms with Gasteiger partial charge >= 0.3 is 10.4 Å². The van der Waals surface area contributed by atoms with E-state index in [1.165, 1.54) is 13.2 Å². The van der Waals surface area contributed by atoms with Crippen LogP contribution in [0.1, 0.15) is 0 Å². The zero-order valence-electron chi connectivity index (χ0n) is 8.01. The molecule has 1 heterocycles. The zero-order valence-corrected chi connectivity index (χ0v) is 9.58. The van der Waals surface area contributed by atoms with Crippen molar-refractivity contribution in [2.24, 2.45) is 0 Å². The maximum Gasteiger partial charge on any atom is 0.440 e. The fourth-order valence-corrected chi connectivity index (χ4v) is 1.82. The number of anilines is 1. The van der Waals surface area contributed by atoms with Crippen molar-refractivity contribution in [3.05, 3.63) is 23.2 Å². The molecule has 1 N–H and O–H groups in total. The summed E-state index contributed by atoms with van der Waals surface area (Å²) in [5.41, 5.74) is 2.41. The normalized spacial score (nSPS) is 18.8. The highest BCUT2D eigenvalue weighted by Gasteiger charge is 2.29. The minimum Gasteiger partial charge on any atom is -0.495 e. The van der Waals surface area contributed by atoms with Gasteiger partial charge in [-0.05, 0) is 18.2 Å². The minimum absolute atomic E-state index is 0.315. The second kappa shape index (κ2) is 4.07. The lowest BCUT2D eigenvalue weighted by molar-refractivity contribution is 0.198. The van der Waals surface area contributed by atoms with Crippen LogP contribution in [0.4, 0.5) is 5.69 Å². The maximum atomic E-state index is 10.8. The first-order chi connectivity index (χ1) is 7.52. The van der Waals surface area contributed by atoms with E-state index in [-0.39, 0.29) is 0 Å². The summed E-state index contributed by atoms with van der Waals surface area (Å²) in [6.45, 7) is 0. The molecule has 1 aromatic rings. The molecule has 88 valence electrons. The molecular weight excluding hydrogens is 260 g/mol. The van der Waals surface area contributed by atoms with Crippen molar-refractivity contribution in [1.82, 2.24) is 5.59 Å². The number of hydrogen-bond donors (Lipinski definition) is 1. The molecule has 1 aromatic carbocycles. The van der Waals surface area contributed by atoms with Crippen molar-refractivity contribution in [2.45, 2.75) is 0 Å². The Kier molecular flexibility index (Phi) is 2.91. The first kappa shape index (κ1) is 11.4. The maximum absolute atomic E-state index is 10.8. The van der Waals surface area contributed by atoms with Gasteiger partial charge in [-0.15, -0.1) is 13.7 Å². The highest BCUT2D eigenvalue weighted by molar-refractivity contribution is 7.82. The highest BCUT2D eigenvalue weighted by atomic mass is 35.5. The molecule has 0 aromatic heterocycles. The van der Waals surface area contributed by atoms with Gasteiger partial charge in [-0.3, -0.25) is 0 Å². The lowest BCUT2D eigenvalue weighted by Gasteiger charge is -2.12. The molecule has 1 aliphatic rings. The Balaban J connectivity index is 2.26. The van der Waals surface area contributed by atoms with E-state index in [0.29, 0.717) is 16.5 Å². The van der Waals surface area contributed by atoms with Crippen LogP contribution in [0, 0.1) is 0 Å². The fraction of sp³-hybridized carbons (Fsp3) is 0.143. The van der Waals surface area contributed by atoms with Crippen LogP contribution in [0.15, 0.2) is 18.2 Å². The number of nitrogens with one attached hydrogen (secondary N) is 1. The second-order valence-electron chi connectivity index (χ2n) is 2.77. The van der Waals surface area contributed by atoms with Crippen LogP contribution in [0.25, 0.3) is 0 Å². The predicted molar refractivity (Wildman–Crippen MR) is 54.7 cm³/mol. The van der Waals surface area contributed by atoms with Crippen LogP contribution >= 0.6 is 11.6 Å². The average Bonchev–Trinajstić information content (AvgIpc) is 2.59. The first-order valence-electron chi connectivity index (χ1n) is 4.04. The topological polar surface area (TPSA) is 77.1 Å². The number of methoxy groups -OCH3 is 1. The van der Waals surface area contributed by atoms with E-state index in [1.54, 1.807) is 12.1 Å². The third-order valence-electron chi connectivity index (χ3n) is 1.76. The number of ether oxygens (including phenoxy) is 1. The van der Waals surface area contributed by atoms with Crippen LogP contribution in [0.3, 0.4) is 0 Å².